The van der Waals surface area contributed by atoms with Crippen LogP contribution in [0.15, 0.2) is 24.3 Å². The third-order valence-corrected chi connectivity index (χ3v) is 3.55. The summed E-state index contributed by atoms with van der Waals surface area (Å²) in [6.07, 6.45) is 1.94. The molecule has 0 heterocycles. The normalized spacial score (nSPS) is 13.9. The van der Waals surface area contributed by atoms with E-state index in [4.69, 9.17) is 5.73 Å². The Morgan fingerprint density at radius 2 is 2.00 bits per heavy atom. The molecule has 1 rings (SSSR count). The summed E-state index contributed by atoms with van der Waals surface area (Å²) < 4.78 is 11.0. The minimum Gasteiger partial charge on any atom is -0.352 e. The minimum absolute atomic E-state index is 0.0613. The van der Waals surface area contributed by atoms with Gasteiger partial charge in [0, 0.05) is 35.4 Å². The first-order chi connectivity index (χ1) is 8.52. The van der Waals surface area contributed by atoms with Crippen LogP contribution in [-0.4, -0.2) is 28.2 Å². The van der Waals surface area contributed by atoms with E-state index >= 15 is 0 Å². The van der Waals surface area contributed by atoms with Crippen molar-refractivity contribution < 1.29 is 9.00 Å². The van der Waals surface area contributed by atoms with Gasteiger partial charge in [0.25, 0.3) is 0 Å². The fourth-order valence-corrected chi connectivity index (χ4v) is 2.61. The molecule has 0 radical (unpaired) electrons. The first-order valence-electron chi connectivity index (χ1n) is 5.89. The molecule has 18 heavy (non-hydrogen) atoms. The molecule has 0 bridgehead atoms. The SMILES string of the molecule is CC(CS(C)=O)NC(=O)Cc1ccccc1CN. The summed E-state index contributed by atoms with van der Waals surface area (Å²) in [4.78, 5) is 11.8. The summed E-state index contributed by atoms with van der Waals surface area (Å²) >= 11 is 0. The molecule has 0 saturated heterocycles. The van der Waals surface area contributed by atoms with Crippen molar-refractivity contribution in [3.63, 3.8) is 0 Å². The second-order valence-electron chi connectivity index (χ2n) is 4.36. The third-order valence-electron chi connectivity index (χ3n) is 2.58. The number of nitrogens with two attached hydrogens (primary N) is 1. The highest BCUT2D eigenvalue weighted by molar-refractivity contribution is 7.84. The van der Waals surface area contributed by atoms with E-state index < -0.39 is 10.8 Å². The van der Waals surface area contributed by atoms with Crippen LogP contribution in [0.4, 0.5) is 0 Å². The Kier molecular flexibility index (Phi) is 6.01. The third kappa shape index (κ3) is 4.98. The summed E-state index contributed by atoms with van der Waals surface area (Å²) in [7, 11) is -0.899. The molecule has 3 N–H and O–H groups in total. The van der Waals surface area contributed by atoms with E-state index in [0.29, 0.717) is 18.7 Å². The molecule has 1 aromatic rings. The van der Waals surface area contributed by atoms with Gasteiger partial charge in [-0.05, 0) is 18.1 Å². The standard InChI is InChI=1S/C13H20N2O2S/c1-10(9-18(2)17)15-13(16)7-11-5-3-4-6-12(11)8-14/h3-6,10H,7-9,14H2,1-2H3,(H,15,16). The Labute approximate surface area is 110 Å². The van der Waals surface area contributed by atoms with Crippen LogP contribution >= 0.6 is 0 Å². The van der Waals surface area contributed by atoms with Gasteiger partial charge >= 0.3 is 0 Å². The van der Waals surface area contributed by atoms with Gasteiger partial charge in [-0.3, -0.25) is 9.00 Å². The second-order valence-corrected chi connectivity index (χ2v) is 5.84. The van der Waals surface area contributed by atoms with Crippen molar-refractivity contribution >= 4 is 16.7 Å². The molecule has 0 spiro atoms. The number of carbonyl (C=O) groups is 1. The van der Waals surface area contributed by atoms with E-state index in [1.54, 1.807) is 6.26 Å². The molecule has 0 fully saturated rings. The van der Waals surface area contributed by atoms with Gasteiger partial charge in [0.1, 0.15) is 0 Å². The minimum atomic E-state index is -0.899. The molecule has 1 aromatic carbocycles. The Morgan fingerprint density at radius 3 is 2.56 bits per heavy atom. The first kappa shape index (κ1) is 14.9. The van der Waals surface area contributed by atoms with E-state index in [1.165, 1.54) is 0 Å². The van der Waals surface area contributed by atoms with Gasteiger partial charge < -0.3 is 11.1 Å². The first-order valence-corrected chi connectivity index (χ1v) is 7.62. The average molecular weight is 268 g/mol. The molecule has 0 aliphatic carbocycles. The lowest BCUT2D eigenvalue weighted by Gasteiger charge is -2.13. The monoisotopic (exact) mass is 268 g/mol. The number of nitrogens with one attached hydrogen (secondary N) is 1. The van der Waals surface area contributed by atoms with Crippen LogP contribution < -0.4 is 11.1 Å². The van der Waals surface area contributed by atoms with Crippen molar-refractivity contribution in [2.45, 2.75) is 25.9 Å². The summed E-state index contributed by atoms with van der Waals surface area (Å²) in [5.41, 5.74) is 7.55. The van der Waals surface area contributed by atoms with Crippen LogP contribution in [-0.2, 0) is 28.6 Å². The van der Waals surface area contributed by atoms with Gasteiger partial charge in [-0.15, -0.1) is 0 Å². The summed E-state index contributed by atoms with van der Waals surface area (Å²) in [6.45, 7) is 2.28. The molecule has 2 unspecified atom stereocenters. The molecule has 1 amide bonds. The maximum absolute atomic E-state index is 11.8. The highest BCUT2D eigenvalue weighted by Gasteiger charge is 2.11. The van der Waals surface area contributed by atoms with Crippen LogP contribution in [0.5, 0.6) is 0 Å². The van der Waals surface area contributed by atoms with Crippen LogP contribution in [0.25, 0.3) is 0 Å². The largest absolute Gasteiger partial charge is 0.352 e. The maximum atomic E-state index is 11.8. The van der Waals surface area contributed by atoms with Crippen LogP contribution in [0.3, 0.4) is 0 Å². The summed E-state index contributed by atoms with van der Waals surface area (Å²) in [6, 6.07) is 7.56. The number of benzene rings is 1. The van der Waals surface area contributed by atoms with Crippen molar-refractivity contribution in [3.8, 4) is 0 Å². The topological polar surface area (TPSA) is 72.2 Å². The lowest BCUT2D eigenvalue weighted by atomic mass is 10.0. The zero-order valence-electron chi connectivity index (χ0n) is 10.8. The molecule has 2 atom stereocenters. The fourth-order valence-electron chi connectivity index (χ4n) is 1.82. The summed E-state index contributed by atoms with van der Waals surface area (Å²) in [5, 5.41) is 2.84. The Bertz CT molecular complexity index is 435. The van der Waals surface area contributed by atoms with Crippen LogP contribution in [0.2, 0.25) is 0 Å². The van der Waals surface area contributed by atoms with E-state index in [0.717, 1.165) is 11.1 Å². The average Bonchev–Trinajstić information content (AvgIpc) is 2.28. The van der Waals surface area contributed by atoms with Crippen molar-refractivity contribution in [2.24, 2.45) is 5.73 Å². The van der Waals surface area contributed by atoms with Gasteiger partial charge in [0.2, 0.25) is 5.91 Å². The predicted octanol–water partition coefficient (Wildman–Crippen LogP) is 0.571. The molecular formula is C13H20N2O2S. The zero-order valence-corrected chi connectivity index (χ0v) is 11.6. The number of hydrogen-bond donors (Lipinski definition) is 2. The van der Waals surface area contributed by atoms with Gasteiger partial charge in [-0.2, -0.15) is 0 Å². The molecule has 4 nitrogen and oxygen atoms in total. The van der Waals surface area contributed by atoms with Crippen LogP contribution in [0, 0.1) is 0 Å². The lowest BCUT2D eigenvalue weighted by molar-refractivity contribution is -0.120. The highest BCUT2D eigenvalue weighted by atomic mass is 32.2. The van der Waals surface area contributed by atoms with Crippen molar-refractivity contribution in [2.75, 3.05) is 12.0 Å². The predicted molar refractivity (Wildman–Crippen MR) is 74.6 cm³/mol. The fraction of sp³-hybridized carbons (Fsp3) is 0.462. The Morgan fingerprint density at radius 1 is 1.39 bits per heavy atom. The van der Waals surface area contributed by atoms with Crippen molar-refractivity contribution in [1.82, 2.24) is 5.32 Å². The quantitative estimate of drug-likeness (QED) is 0.792. The molecule has 0 saturated carbocycles. The lowest BCUT2D eigenvalue weighted by Crippen LogP contribution is -2.37. The Balaban J connectivity index is 2.56. The molecule has 5 heteroatoms. The van der Waals surface area contributed by atoms with Crippen LogP contribution in [0.1, 0.15) is 18.1 Å². The maximum Gasteiger partial charge on any atom is 0.224 e. The molecule has 0 aliphatic rings. The van der Waals surface area contributed by atoms with Gasteiger partial charge in [0.05, 0.1) is 6.42 Å². The zero-order chi connectivity index (χ0) is 13.5. The molecule has 0 aromatic heterocycles. The smallest absolute Gasteiger partial charge is 0.224 e. The number of carbonyl (C=O) groups excluding carboxylic acids is 1. The molecular weight excluding hydrogens is 248 g/mol. The number of rotatable bonds is 6. The van der Waals surface area contributed by atoms with E-state index in [-0.39, 0.29) is 11.9 Å². The number of hydrogen-bond acceptors (Lipinski definition) is 3. The van der Waals surface area contributed by atoms with Crippen molar-refractivity contribution in [1.29, 1.82) is 0 Å². The second kappa shape index (κ2) is 7.28. The number of amides is 1. The highest BCUT2D eigenvalue weighted by Crippen LogP contribution is 2.08. The molecule has 100 valence electrons. The van der Waals surface area contributed by atoms with E-state index in [2.05, 4.69) is 5.32 Å². The van der Waals surface area contributed by atoms with Gasteiger partial charge in [-0.1, -0.05) is 24.3 Å². The van der Waals surface area contributed by atoms with Gasteiger partial charge in [-0.25, -0.2) is 0 Å². The van der Waals surface area contributed by atoms with Crippen molar-refractivity contribution in [3.05, 3.63) is 35.4 Å². The van der Waals surface area contributed by atoms with E-state index in [9.17, 15) is 9.00 Å². The Hall–Kier alpha value is -1.20. The van der Waals surface area contributed by atoms with Gasteiger partial charge in [0.15, 0.2) is 0 Å². The molecule has 0 aliphatic heterocycles. The van der Waals surface area contributed by atoms with E-state index in [1.807, 2.05) is 31.2 Å². The summed E-state index contributed by atoms with van der Waals surface area (Å²) in [5.74, 6) is 0.415.